The lowest BCUT2D eigenvalue weighted by molar-refractivity contribution is -0.143. The van der Waals surface area contributed by atoms with Crippen LogP contribution in [0.3, 0.4) is 0 Å². The number of esters is 3. The zero-order valence-corrected chi connectivity index (χ0v) is 18.0. The summed E-state index contributed by atoms with van der Waals surface area (Å²) in [6.45, 7) is 9.39. The van der Waals surface area contributed by atoms with Crippen molar-refractivity contribution >= 4 is 17.9 Å². The molecule has 0 saturated carbocycles. The van der Waals surface area contributed by atoms with Gasteiger partial charge in [0.15, 0.2) is 0 Å². The van der Waals surface area contributed by atoms with Crippen molar-refractivity contribution in [3.63, 3.8) is 0 Å². The van der Waals surface area contributed by atoms with Crippen LogP contribution in [0.5, 0.6) is 11.5 Å². The van der Waals surface area contributed by atoms with E-state index >= 15 is 0 Å². The highest BCUT2D eigenvalue weighted by molar-refractivity contribution is 5.89. The Labute approximate surface area is 188 Å². The Morgan fingerprint density at radius 3 is 1.97 bits per heavy atom. The molecule has 0 heterocycles. The maximum absolute atomic E-state index is 13.5. The van der Waals surface area contributed by atoms with E-state index in [1.54, 1.807) is 0 Å². The van der Waals surface area contributed by atoms with Gasteiger partial charge in [-0.2, -0.15) is 13.2 Å². The van der Waals surface area contributed by atoms with Crippen molar-refractivity contribution in [2.24, 2.45) is 0 Å². The molecule has 2 rings (SSSR count). The van der Waals surface area contributed by atoms with Crippen LogP contribution in [0.15, 0.2) is 66.8 Å². The number of alkyl halides is 3. The van der Waals surface area contributed by atoms with Gasteiger partial charge < -0.3 is 14.2 Å². The fraction of sp³-hybridized carbons (Fsp3) is 0.208. The molecule has 0 spiro atoms. The van der Waals surface area contributed by atoms with Crippen molar-refractivity contribution in [1.82, 2.24) is 0 Å². The van der Waals surface area contributed by atoms with Gasteiger partial charge in [0.25, 0.3) is 0 Å². The zero-order valence-electron chi connectivity index (χ0n) is 18.0. The molecule has 33 heavy (non-hydrogen) atoms. The van der Waals surface area contributed by atoms with E-state index in [-0.39, 0.29) is 35.5 Å². The van der Waals surface area contributed by atoms with Crippen LogP contribution in [0.2, 0.25) is 0 Å². The molecule has 0 amide bonds. The van der Waals surface area contributed by atoms with E-state index in [1.165, 1.54) is 44.2 Å². The second kappa shape index (κ2) is 10.6. The van der Waals surface area contributed by atoms with Crippen LogP contribution in [0.4, 0.5) is 13.2 Å². The standard InChI is InChI=1S/C24H21F3O6/c1-14(2)22(29)31-12-11-21(28)32-18-8-5-16(6-9-18)17-7-10-20(33-23(30)15(3)4)19(13-17)24(25,26)27/h5-10,13H,1,3,11-12H2,2,4H3. The Kier molecular flexibility index (Phi) is 8.17. The van der Waals surface area contributed by atoms with Crippen molar-refractivity contribution in [3.05, 3.63) is 72.3 Å². The summed E-state index contributed by atoms with van der Waals surface area (Å²) < 4.78 is 55.2. The number of benzene rings is 2. The first kappa shape index (κ1) is 25.4. The number of rotatable bonds is 8. The van der Waals surface area contributed by atoms with E-state index in [1.807, 2.05) is 0 Å². The average molecular weight is 462 g/mol. The molecule has 0 saturated heterocycles. The van der Waals surface area contributed by atoms with Gasteiger partial charge in [0.05, 0.1) is 12.0 Å². The molecule has 9 heteroatoms. The summed E-state index contributed by atoms with van der Waals surface area (Å²) in [4.78, 5) is 34.8. The molecular weight excluding hydrogens is 441 g/mol. The summed E-state index contributed by atoms with van der Waals surface area (Å²) in [5, 5.41) is 0. The SMILES string of the molecule is C=C(C)C(=O)OCCC(=O)Oc1ccc(-c2ccc(OC(=O)C(=C)C)c(C(F)(F)F)c2)cc1. The van der Waals surface area contributed by atoms with Gasteiger partial charge in [-0.3, -0.25) is 4.79 Å². The van der Waals surface area contributed by atoms with Crippen molar-refractivity contribution in [3.8, 4) is 22.6 Å². The van der Waals surface area contributed by atoms with Crippen molar-refractivity contribution in [1.29, 1.82) is 0 Å². The van der Waals surface area contributed by atoms with Gasteiger partial charge in [-0.25, -0.2) is 9.59 Å². The Morgan fingerprint density at radius 1 is 0.848 bits per heavy atom. The third kappa shape index (κ3) is 7.34. The van der Waals surface area contributed by atoms with Gasteiger partial charge in [-0.1, -0.05) is 31.4 Å². The van der Waals surface area contributed by atoms with Crippen LogP contribution < -0.4 is 9.47 Å². The molecule has 0 radical (unpaired) electrons. The van der Waals surface area contributed by atoms with E-state index in [4.69, 9.17) is 14.2 Å². The molecular formula is C24H21F3O6. The first-order chi connectivity index (χ1) is 15.4. The molecule has 0 unspecified atom stereocenters. The Balaban J connectivity index is 2.12. The van der Waals surface area contributed by atoms with E-state index in [0.29, 0.717) is 5.56 Å². The average Bonchev–Trinajstić information content (AvgIpc) is 2.73. The molecule has 174 valence electrons. The fourth-order valence-electron chi connectivity index (χ4n) is 2.46. The van der Waals surface area contributed by atoms with Gasteiger partial charge in [-0.05, 0) is 49.2 Å². The molecule has 0 aromatic heterocycles. The first-order valence-corrected chi connectivity index (χ1v) is 9.61. The lowest BCUT2D eigenvalue weighted by Gasteiger charge is -2.15. The molecule has 6 nitrogen and oxygen atoms in total. The lowest BCUT2D eigenvalue weighted by atomic mass is 10.0. The highest BCUT2D eigenvalue weighted by atomic mass is 19.4. The minimum absolute atomic E-state index is 0.0358. The number of ether oxygens (including phenoxy) is 3. The Hall–Kier alpha value is -3.88. The molecule has 0 bridgehead atoms. The number of carbonyl (C=O) groups is 3. The van der Waals surface area contributed by atoms with Crippen LogP contribution in [0.25, 0.3) is 11.1 Å². The second-order valence-corrected chi connectivity index (χ2v) is 7.04. The smallest absolute Gasteiger partial charge is 0.420 e. The third-order valence-corrected chi connectivity index (χ3v) is 4.14. The van der Waals surface area contributed by atoms with Gasteiger partial charge >= 0.3 is 24.1 Å². The highest BCUT2D eigenvalue weighted by Gasteiger charge is 2.35. The van der Waals surface area contributed by atoms with Crippen molar-refractivity contribution in [2.45, 2.75) is 26.4 Å². The van der Waals surface area contributed by atoms with Gasteiger partial charge in [-0.15, -0.1) is 0 Å². The van der Waals surface area contributed by atoms with Gasteiger partial charge in [0, 0.05) is 11.1 Å². The molecule has 2 aromatic rings. The number of halogens is 3. The quantitative estimate of drug-likeness (QED) is 0.302. The molecule has 0 aliphatic carbocycles. The zero-order chi connectivity index (χ0) is 24.8. The summed E-state index contributed by atoms with van der Waals surface area (Å²) >= 11 is 0. The second-order valence-electron chi connectivity index (χ2n) is 7.04. The van der Waals surface area contributed by atoms with Crippen LogP contribution in [-0.4, -0.2) is 24.5 Å². The minimum atomic E-state index is -4.76. The summed E-state index contributed by atoms with van der Waals surface area (Å²) in [6.07, 6.45) is -4.94. The summed E-state index contributed by atoms with van der Waals surface area (Å²) in [7, 11) is 0. The summed E-state index contributed by atoms with van der Waals surface area (Å²) in [5.41, 5.74) is -0.328. The van der Waals surface area contributed by atoms with Crippen molar-refractivity contribution < 1.29 is 41.8 Å². The van der Waals surface area contributed by atoms with Crippen LogP contribution in [0.1, 0.15) is 25.8 Å². The van der Waals surface area contributed by atoms with Crippen LogP contribution >= 0.6 is 0 Å². The maximum atomic E-state index is 13.5. The predicted octanol–water partition coefficient (Wildman–Crippen LogP) is 5.27. The van der Waals surface area contributed by atoms with Crippen LogP contribution in [-0.2, 0) is 25.3 Å². The molecule has 0 atom stereocenters. The largest absolute Gasteiger partial charge is 0.462 e. The van der Waals surface area contributed by atoms with E-state index < -0.39 is 35.4 Å². The lowest BCUT2D eigenvalue weighted by Crippen LogP contribution is -2.14. The summed E-state index contributed by atoms with van der Waals surface area (Å²) in [6, 6.07) is 9.05. The molecule has 0 aliphatic rings. The highest BCUT2D eigenvalue weighted by Crippen LogP contribution is 2.39. The van der Waals surface area contributed by atoms with E-state index in [0.717, 1.165) is 12.1 Å². The third-order valence-electron chi connectivity index (χ3n) is 4.14. The topological polar surface area (TPSA) is 78.9 Å². The number of carbonyl (C=O) groups excluding carboxylic acids is 3. The van der Waals surface area contributed by atoms with Gasteiger partial charge in [0.2, 0.25) is 0 Å². The Bertz CT molecular complexity index is 1080. The maximum Gasteiger partial charge on any atom is 0.420 e. The normalized spacial score (nSPS) is 10.8. The number of hydrogen-bond acceptors (Lipinski definition) is 6. The van der Waals surface area contributed by atoms with E-state index in [9.17, 15) is 27.6 Å². The molecule has 0 aliphatic heterocycles. The van der Waals surface area contributed by atoms with Crippen LogP contribution in [0, 0.1) is 0 Å². The molecule has 0 fully saturated rings. The first-order valence-electron chi connectivity index (χ1n) is 9.61. The monoisotopic (exact) mass is 462 g/mol. The number of hydrogen-bond donors (Lipinski definition) is 0. The molecule has 0 N–H and O–H groups in total. The molecule has 2 aromatic carbocycles. The predicted molar refractivity (Wildman–Crippen MR) is 113 cm³/mol. The minimum Gasteiger partial charge on any atom is -0.462 e. The van der Waals surface area contributed by atoms with Gasteiger partial charge in [0.1, 0.15) is 18.1 Å². The van der Waals surface area contributed by atoms with Crippen molar-refractivity contribution in [2.75, 3.05) is 6.61 Å². The Morgan fingerprint density at radius 2 is 1.42 bits per heavy atom. The fourth-order valence-corrected chi connectivity index (χ4v) is 2.46. The summed E-state index contributed by atoms with van der Waals surface area (Å²) in [5.74, 6) is -2.70. The van der Waals surface area contributed by atoms with E-state index in [2.05, 4.69) is 13.2 Å².